The number of pyridine rings is 1. The Labute approximate surface area is 179 Å². The molecule has 0 atom stereocenters. The number of amides is 1. The number of aryl methyl sites for hydroxylation is 1. The monoisotopic (exact) mass is 430 g/mol. The lowest BCUT2D eigenvalue weighted by atomic mass is 9.94. The molecule has 4 heterocycles. The Bertz CT molecular complexity index is 1060. The Balaban J connectivity index is 0.00000256. The maximum Gasteiger partial charge on any atom is 0.349 e. The third kappa shape index (κ3) is 4.58. The molecule has 1 amide bonds. The summed E-state index contributed by atoms with van der Waals surface area (Å²) in [5.41, 5.74) is 0.808. The van der Waals surface area contributed by atoms with Gasteiger partial charge in [0.05, 0.1) is 0 Å². The highest BCUT2D eigenvalue weighted by molar-refractivity contribution is 5.95. The number of aromatic nitrogens is 4. The van der Waals surface area contributed by atoms with Gasteiger partial charge in [-0.3, -0.25) is 4.79 Å². The van der Waals surface area contributed by atoms with Crippen LogP contribution < -0.4 is 16.3 Å². The SMILES string of the molecule is Cc1cc(C2CCNCC2)oc(=O)c1C(=O)NCc1cccnc1-n1cncn1.Cl. The molecule has 1 saturated heterocycles. The van der Waals surface area contributed by atoms with Crippen molar-refractivity contribution >= 4 is 18.3 Å². The third-order valence-corrected chi connectivity index (χ3v) is 5.08. The van der Waals surface area contributed by atoms with E-state index in [1.54, 1.807) is 19.2 Å². The van der Waals surface area contributed by atoms with Crippen molar-refractivity contribution in [2.45, 2.75) is 32.2 Å². The van der Waals surface area contributed by atoms with Crippen molar-refractivity contribution in [2.75, 3.05) is 13.1 Å². The zero-order chi connectivity index (χ0) is 20.2. The number of halogens is 1. The van der Waals surface area contributed by atoms with Crippen LogP contribution in [0.1, 0.15) is 46.0 Å². The molecular formula is C20H23ClN6O3. The number of hydrogen-bond acceptors (Lipinski definition) is 7. The Morgan fingerprint density at radius 2 is 2.17 bits per heavy atom. The first-order valence-corrected chi connectivity index (χ1v) is 9.56. The lowest BCUT2D eigenvalue weighted by molar-refractivity contribution is 0.0945. The number of carbonyl (C=O) groups excluding carboxylic acids is 1. The third-order valence-electron chi connectivity index (χ3n) is 5.08. The largest absolute Gasteiger partial charge is 0.427 e. The summed E-state index contributed by atoms with van der Waals surface area (Å²) < 4.78 is 7.03. The fraction of sp³-hybridized carbons (Fsp3) is 0.350. The van der Waals surface area contributed by atoms with Gasteiger partial charge < -0.3 is 15.1 Å². The van der Waals surface area contributed by atoms with Crippen LogP contribution in [0.3, 0.4) is 0 Å². The number of carbonyl (C=O) groups is 1. The van der Waals surface area contributed by atoms with Crippen LogP contribution in [0, 0.1) is 6.92 Å². The van der Waals surface area contributed by atoms with Gasteiger partial charge in [0.25, 0.3) is 5.91 Å². The van der Waals surface area contributed by atoms with Crippen molar-refractivity contribution in [3.63, 3.8) is 0 Å². The summed E-state index contributed by atoms with van der Waals surface area (Å²) in [4.78, 5) is 33.5. The van der Waals surface area contributed by atoms with Crippen molar-refractivity contribution in [2.24, 2.45) is 0 Å². The molecule has 0 aromatic carbocycles. The van der Waals surface area contributed by atoms with Crippen molar-refractivity contribution in [1.29, 1.82) is 0 Å². The minimum absolute atomic E-state index is 0. The topological polar surface area (TPSA) is 115 Å². The van der Waals surface area contributed by atoms with Gasteiger partial charge >= 0.3 is 5.63 Å². The quantitative estimate of drug-likeness (QED) is 0.633. The average Bonchev–Trinajstić information content (AvgIpc) is 3.27. The van der Waals surface area contributed by atoms with Gasteiger partial charge in [0.15, 0.2) is 5.82 Å². The summed E-state index contributed by atoms with van der Waals surface area (Å²) in [5.74, 6) is 0.962. The molecule has 0 radical (unpaired) electrons. The van der Waals surface area contributed by atoms with Crippen LogP contribution in [0.4, 0.5) is 0 Å². The summed E-state index contributed by atoms with van der Waals surface area (Å²) >= 11 is 0. The molecule has 3 aromatic rings. The second-order valence-corrected chi connectivity index (χ2v) is 7.03. The zero-order valence-electron chi connectivity index (χ0n) is 16.5. The standard InChI is InChI=1S/C20H22N6O3.ClH/c1-13-9-16(14-4-7-21-8-5-14)29-20(28)17(13)19(27)24-10-15-3-2-6-23-18(15)26-12-22-11-25-26;/h2-3,6,9,11-12,14,21H,4-5,7-8,10H2,1H3,(H,24,27);1H. The minimum atomic E-state index is -0.598. The predicted octanol–water partition coefficient (Wildman–Crippen LogP) is 1.74. The first-order valence-electron chi connectivity index (χ1n) is 9.56. The summed E-state index contributed by atoms with van der Waals surface area (Å²) in [6, 6.07) is 5.42. The van der Waals surface area contributed by atoms with E-state index in [9.17, 15) is 9.59 Å². The number of hydrogen-bond donors (Lipinski definition) is 2. The fourth-order valence-corrected chi connectivity index (χ4v) is 3.57. The van der Waals surface area contributed by atoms with Crippen molar-refractivity contribution in [1.82, 2.24) is 30.4 Å². The van der Waals surface area contributed by atoms with E-state index in [1.807, 2.05) is 12.1 Å². The highest BCUT2D eigenvalue weighted by Gasteiger charge is 2.22. The van der Waals surface area contributed by atoms with E-state index in [0.29, 0.717) is 17.1 Å². The fourth-order valence-electron chi connectivity index (χ4n) is 3.57. The highest BCUT2D eigenvalue weighted by atomic mass is 35.5. The van der Waals surface area contributed by atoms with E-state index in [0.717, 1.165) is 31.5 Å². The van der Waals surface area contributed by atoms with Crippen LogP contribution in [-0.4, -0.2) is 38.7 Å². The van der Waals surface area contributed by atoms with Gasteiger partial charge in [-0.15, -0.1) is 12.4 Å². The van der Waals surface area contributed by atoms with Gasteiger partial charge in [0.2, 0.25) is 0 Å². The van der Waals surface area contributed by atoms with Crippen LogP contribution in [0.25, 0.3) is 5.82 Å². The van der Waals surface area contributed by atoms with E-state index < -0.39 is 11.5 Å². The molecule has 10 heteroatoms. The molecule has 1 aliphatic heterocycles. The van der Waals surface area contributed by atoms with E-state index in [1.165, 1.54) is 17.3 Å². The van der Waals surface area contributed by atoms with Crippen LogP contribution in [0.15, 0.2) is 46.3 Å². The van der Waals surface area contributed by atoms with Crippen LogP contribution in [0.5, 0.6) is 0 Å². The van der Waals surface area contributed by atoms with Crippen LogP contribution in [-0.2, 0) is 6.54 Å². The van der Waals surface area contributed by atoms with Gasteiger partial charge in [0, 0.05) is 24.2 Å². The first kappa shape index (κ1) is 21.7. The number of nitrogens with zero attached hydrogens (tertiary/aromatic N) is 4. The molecule has 9 nitrogen and oxygen atoms in total. The molecule has 0 unspecified atom stereocenters. The summed E-state index contributed by atoms with van der Waals surface area (Å²) in [5, 5.41) is 10.2. The number of piperidine rings is 1. The van der Waals surface area contributed by atoms with E-state index in [4.69, 9.17) is 4.42 Å². The van der Waals surface area contributed by atoms with E-state index in [2.05, 4.69) is 25.7 Å². The summed E-state index contributed by atoms with van der Waals surface area (Å²) in [6.07, 6.45) is 6.42. The van der Waals surface area contributed by atoms with Crippen LogP contribution >= 0.6 is 12.4 Å². The first-order chi connectivity index (χ1) is 14.1. The van der Waals surface area contributed by atoms with Gasteiger partial charge in [-0.25, -0.2) is 19.4 Å². The maximum atomic E-state index is 12.7. The summed E-state index contributed by atoms with van der Waals surface area (Å²) in [6.45, 7) is 3.75. The molecule has 1 fully saturated rings. The van der Waals surface area contributed by atoms with Crippen molar-refractivity contribution in [3.05, 3.63) is 69.9 Å². The Hall–Kier alpha value is -3.04. The normalized spacial score (nSPS) is 14.2. The van der Waals surface area contributed by atoms with Gasteiger partial charge in [0.1, 0.15) is 24.0 Å². The Morgan fingerprint density at radius 1 is 1.37 bits per heavy atom. The van der Waals surface area contributed by atoms with E-state index >= 15 is 0 Å². The predicted molar refractivity (Wildman–Crippen MR) is 112 cm³/mol. The van der Waals surface area contributed by atoms with Crippen molar-refractivity contribution < 1.29 is 9.21 Å². The molecule has 0 bridgehead atoms. The Kier molecular flexibility index (Phi) is 6.96. The average molecular weight is 431 g/mol. The number of nitrogens with one attached hydrogen (secondary N) is 2. The molecule has 2 N–H and O–H groups in total. The molecule has 1 aliphatic rings. The minimum Gasteiger partial charge on any atom is -0.427 e. The zero-order valence-corrected chi connectivity index (χ0v) is 17.3. The molecule has 0 spiro atoms. The molecule has 3 aromatic heterocycles. The second-order valence-electron chi connectivity index (χ2n) is 7.03. The smallest absolute Gasteiger partial charge is 0.349 e. The molecule has 158 valence electrons. The van der Waals surface area contributed by atoms with Gasteiger partial charge in [-0.2, -0.15) is 5.10 Å². The second kappa shape index (κ2) is 9.64. The molecule has 4 rings (SSSR count). The Morgan fingerprint density at radius 3 is 2.87 bits per heavy atom. The van der Waals surface area contributed by atoms with E-state index in [-0.39, 0.29) is 30.4 Å². The lowest BCUT2D eigenvalue weighted by Crippen LogP contribution is -2.31. The molecule has 30 heavy (non-hydrogen) atoms. The van der Waals surface area contributed by atoms with Crippen LogP contribution in [0.2, 0.25) is 0 Å². The van der Waals surface area contributed by atoms with Gasteiger partial charge in [-0.05, 0) is 50.6 Å². The highest BCUT2D eigenvalue weighted by Crippen LogP contribution is 2.25. The number of rotatable bonds is 5. The molecule has 0 aliphatic carbocycles. The van der Waals surface area contributed by atoms with Gasteiger partial charge in [-0.1, -0.05) is 6.07 Å². The van der Waals surface area contributed by atoms with Crippen molar-refractivity contribution in [3.8, 4) is 5.82 Å². The summed E-state index contributed by atoms with van der Waals surface area (Å²) in [7, 11) is 0. The maximum absolute atomic E-state index is 12.7. The molecular weight excluding hydrogens is 408 g/mol. The lowest BCUT2D eigenvalue weighted by Gasteiger charge is -2.22. The molecule has 0 saturated carbocycles.